The normalized spacial score (nSPS) is 18.6. The molecule has 1 N–H and O–H groups in total. The monoisotopic (exact) mass is 253 g/mol. The summed E-state index contributed by atoms with van der Waals surface area (Å²) in [5.74, 6) is 0.768. The van der Waals surface area contributed by atoms with E-state index >= 15 is 0 Å². The minimum absolute atomic E-state index is 0.0415. The van der Waals surface area contributed by atoms with E-state index in [2.05, 4.69) is 5.32 Å². The van der Waals surface area contributed by atoms with Crippen LogP contribution in [0.15, 0.2) is 18.2 Å². The van der Waals surface area contributed by atoms with Crippen LogP contribution in [-0.2, 0) is 4.74 Å². The summed E-state index contributed by atoms with van der Waals surface area (Å²) in [6, 6.07) is 5.10. The summed E-state index contributed by atoms with van der Waals surface area (Å²) in [5, 5.41) is 3.23. The van der Waals surface area contributed by atoms with Crippen molar-refractivity contribution < 1.29 is 13.9 Å². The van der Waals surface area contributed by atoms with Gasteiger partial charge in [0, 0.05) is 30.9 Å². The average molecular weight is 253 g/mol. The van der Waals surface area contributed by atoms with E-state index in [4.69, 9.17) is 9.47 Å². The van der Waals surface area contributed by atoms with Gasteiger partial charge in [-0.2, -0.15) is 0 Å². The molecule has 1 aliphatic heterocycles. The molecule has 100 valence electrons. The second kappa shape index (κ2) is 6.16. The standard InChI is InChI=1S/C14H20FNO2/c1-16-14(10-5-7-18-8-6-10)12-4-3-11(17-2)9-13(12)15/h3-4,9-10,14,16H,5-8H2,1-2H3. The molecular formula is C14H20FNO2. The van der Waals surface area contributed by atoms with Crippen molar-refractivity contribution >= 4 is 0 Å². The van der Waals surface area contributed by atoms with Crippen LogP contribution >= 0.6 is 0 Å². The highest BCUT2D eigenvalue weighted by atomic mass is 19.1. The number of rotatable bonds is 4. The van der Waals surface area contributed by atoms with Crippen molar-refractivity contribution in [3.8, 4) is 5.75 Å². The molecule has 0 spiro atoms. The van der Waals surface area contributed by atoms with Gasteiger partial charge in [-0.1, -0.05) is 6.07 Å². The zero-order valence-corrected chi connectivity index (χ0v) is 10.9. The van der Waals surface area contributed by atoms with E-state index in [1.54, 1.807) is 7.11 Å². The van der Waals surface area contributed by atoms with Gasteiger partial charge in [-0.25, -0.2) is 4.39 Å². The molecule has 3 nitrogen and oxygen atoms in total. The highest BCUT2D eigenvalue weighted by Crippen LogP contribution is 2.32. The van der Waals surface area contributed by atoms with Crippen LogP contribution in [-0.4, -0.2) is 27.4 Å². The van der Waals surface area contributed by atoms with Crippen molar-refractivity contribution in [1.29, 1.82) is 0 Å². The predicted molar refractivity (Wildman–Crippen MR) is 68.3 cm³/mol. The molecule has 1 atom stereocenters. The van der Waals surface area contributed by atoms with E-state index in [0.29, 0.717) is 17.2 Å². The van der Waals surface area contributed by atoms with E-state index in [9.17, 15) is 4.39 Å². The first kappa shape index (κ1) is 13.3. The third-order valence-electron chi connectivity index (χ3n) is 3.59. The Morgan fingerprint density at radius 3 is 2.67 bits per heavy atom. The number of nitrogens with one attached hydrogen (secondary N) is 1. The maximum atomic E-state index is 14.1. The fourth-order valence-electron chi connectivity index (χ4n) is 2.58. The van der Waals surface area contributed by atoms with Gasteiger partial charge in [-0.3, -0.25) is 0 Å². The number of halogens is 1. The molecule has 1 fully saturated rings. The molecule has 1 aromatic rings. The maximum Gasteiger partial charge on any atom is 0.131 e. The minimum Gasteiger partial charge on any atom is -0.497 e. The summed E-state index contributed by atoms with van der Waals surface area (Å²) >= 11 is 0. The summed E-state index contributed by atoms with van der Waals surface area (Å²) in [7, 11) is 3.42. The SMILES string of the molecule is CNC(c1ccc(OC)cc1F)C1CCOCC1. The molecule has 0 radical (unpaired) electrons. The Labute approximate surface area is 107 Å². The molecule has 2 rings (SSSR count). The van der Waals surface area contributed by atoms with E-state index in [0.717, 1.165) is 26.1 Å². The van der Waals surface area contributed by atoms with Crippen LogP contribution in [0.3, 0.4) is 0 Å². The highest BCUT2D eigenvalue weighted by molar-refractivity contribution is 5.31. The van der Waals surface area contributed by atoms with Gasteiger partial charge in [0.1, 0.15) is 11.6 Å². The molecule has 1 saturated heterocycles. The number of hydrogen-bond donors (Lipinski definition) is 1. The van der Waals surface area contributed by atoms with Crippen molar-refractivity contribution in [2.45, 2.75) is 18.9 Å². The van der Waals surface area contributed by atoms with Crippen LogP contribution in [0.5, 0.6) is 5.75 Å². The number of benzene rings is 1. The van der Waals surface area contributed by atoms with Crippen molar-refractivity contribution in [1.82, 2.24) is 5.32 Å². The van der Waals surface area contributed by atoms with Gasteiger partial charge in [0.2, 0.25) is 0 Å². The van der Waals surface area contributed by atoms with Crippen LogP contribution in [0.4, 0.5) is 4.39 Å². The Morgan fingerprint density at radius 2 is 2.11 bits per heavy atom. The van der Waals surface area contributed by atoms with Gasteiger partial charge in [-0.05, 0) is 31.9 Å². The second-order valence-corrected chi connectivity index (χ2v) is 4.60. The number of methoxy groups -OCH3 is 1. The average Bonchev–Trinajstić information content (AvgIpc) is 2.42. The van der Waals surface area contributed by atoms with Gasteiger partial charge in [-0.15, -0.1) is 0 Å². The molecule has 0 amide bonds. The molecule has 18 heavy (non-hydrogen) atoms. The lowest BCUT2D eigenvalue weighted by molar-refractivity contribution is 0.0541. The third kappa shape index (κ3) is 2.82. The summed E-state index contributed by atoms with van der Waals surface area (Å²) in [5.41, 5.74) is 0.713. The summed E-state index contributed by atoms with van der Waals surface area (Å²) in [6.45, 7) is 1.53. The van der Waals surface area contributed by atoms with Crippen molar-refractivity contribution in [2.24, 2.45) is 5.92 Å². The van der Waals surface area contributed by atoms with Crippen LogP contribution in [0.1, 0.15) is 24.4 Å². The first-order valence-corrected chi connectivity index (χ1v) is 6.34. The van der Waals surface area contributed by atoms with Gasteiger partial charge < -0.3 is 14.8 Å². The summed E-state index contributed by atoms with van der Waals surface area (Å²) in [6.07, 6.45) is 1.94. The smallest absolute Gasteiger partial charge is 0.131 e. The van der Waals surface area contributed by atoms with Crippen LogP contribution in [0.25, 0.3) is 0 Å². The minimum atomic E-state index is -0.208. The first-order valence-electron chi connectivity index (χ1n) is 6.34. The van der Waals surface area contributed by atoms with Crippen LogP contribution in [0.2, 0.25) is 0 Å². The zero-order valence-electron chi connectivity index (χ0n) is 10.9. The van der Waals surface area contributed by atoms with Gasteiger partial charge in [0.05, 0.1) is 7.11 Å². The van der Waals surface area contributed by atoms with E-state index < -0.39 is 0 Å². The van der Waals surface area contributed by atoms with Crippen molar-refractivity contribution in [3.05, 3.63) is 29.6 Å². The van der Waals surface area contributed by atoms with Crippen LogP contribution < -0.4 is 10.1 Å². The topological polar surface area (TPSA) is 30.5 Å². The largest absolute Gasteiger partial charge is 0.497 e. The van der Waals surface area contributed by atoms with Crippen LogP contribution in [0, 0.1) is 11.7 Å². The second-order valence-electron chi connectivity index (χ2n) is 4.60. The van der Waals surface area contributed by atoms with Crippen molar-refractivity contribution in [3.63, 3.8) is 0 Å². The molecule has 1 aromatic carbocycles. The Bertz CT molecular complexity index is 391. The predicted octanol–water partition coefficient (Wildman–Crippen LogP) is 2.52. The number of hydrogen-bond acceptors (Lipinski definition) is 3. The zero-order chi connectivity index (χ0) is 13.0. The fraction of sp³-hybridized carbons (Fsp3) is 0.571. The highest BCUT2D eigenvalue weighted by Gasteiger charge is 2.26. The first-order chi connectivity index (χ1) is 8.76. The summed E-state index contributed by atoms with van der Waals surface area (Å²) < 4.78 is 24.5. The molecule has 1 aliphatic rings. The lowest BCUT2D eigenvalue weighted by Crippen LogP contribution is -2.30. The Balaban J connectivity index is 2.20. The quantitative estimate of drug-likeness (QED) is 0.894. The van der Waals surface area contributed by atoms with Gasteiger partial charge in [0.25, 0.3) is 0 Å². The maximum absolute atomic E-state index is 14.1. The Morgan fingerprint density at radius 1 is 1.39 bits per heavy atom. The van der Waals surface area contributed by atoms with Gasteiger partial charge in [0.15, 0.2) is 0 Å². The van der Waals surface area contributed by atoms with E-state index in [-0.39, 0.29) is 11.9 Å². The molecule has 0 saturated carbocycles. The lowest BCUT2D eigenvalue weighted by atomic mass is 9.87. The molecule has 1 unspecified atom stereocenters. The van der Waals surface area contributed by atoms with E-state index in [1.807, 2.05) is 19.2 Å². The molecule has 0 bridgehead atoms. The van der Waals surface area contributed by atoms with Crippen molar-refractivity contribution in [2.75, 3.05) is 27.4 Å². The molecule has 0 aliphatic carbocycles. The third-order valence-corrected chi connectivity index (χ3v) is 3.59. The molecular weight excluding hydrogens is 233 g/mol. The fourth-order valence-corrected chi connectivity index (χ4v) is 2.58. The molecule has 1 heterocycles. The van der Waals surface area contributed by atoms with Gasteiger partial charge >= 0.3 is 0 Å². The number of ether oxygens (including phenoxy) is 2. The Hall–Kier alpha value is -1.13. The Kier molecular flexibility index (Phi) is 4.55. The molecule has 4 heteroatoms. The molecule has 0 aromatic heterocycles. The lowest BCUT2D eigenvalue weighted by Gasteiger charge is -2.30. The van der Waals surface area contributed by atoms with E-state index in [1.165, 1.54) is 6.07 Å². The summed E-state index contributed by atoms with van der Waals surface area (Å²) in [4.78, 5) is 0.